The zero-order valence-corrected chi connectivity index (χ0v) is 11.4. The third kappa shape index (κ3) is 4.70. The number of ether oxygens (including phenoxy) is 2. The van der Waals surface area contributed by atoms with E-state index in [1.807, 2.05) is 0 Å². The topological polar surface area (TPSA) is 105 Å². The summed E-state index contributed by atoms with van der Waals surface area (Å²) in [5.74, 6) is -0.982. The molecule has 0 bridgehead atoms. The van der Waals surface area contributed by atoms with Crippen molar-refractivity contribution in [2.45, 2.75) is 38.8 Å². The Bertz CT molecular complexity index is 461. The second-order valence-electron chi connectivity index (χ2n) is 4.96. The molecule has 0 saturated heterocycles. The summed E-state index contributed by atoms with van der Waals surface area (Å²) in [5, 5.41) is 0. The molecule has 1 aromatic rings. The van der Waals surface area contributed by atoms with Crippen molar-refractivity contribution in [2.24, 2.45) is 5.73 Å². The predicted molar refractivity (Wildman–Crippen MR) is 65.4 cm³/mol. The summed E-state index contributed by atoms with van der Waals surface area (Å²) in [6, 6.07) is -0.900. The lowest BCUT2D eigenvalue weighted by molar-refractivity contribution is -0.156. The molecule has 1 heterocycles. The summed E-state index contributed by atoms with van der Waals surface area (Å²) in [5.41, 5.74) is 5.11. The normalized spacial score (nSPS) is 12.9. The molecule has 7 nitrogen and oxygen atoms in total. The first-order chi connectivity index (χ1) is 8.73. The van der Waals surface area contributed by atoms with E-state index < -0.39 is 23.6 Å². The fraction of sp³-hybridized carbons (Fsp3) is 0.583. The van der Waals surface area contributed by atoms with Crippen LogP contribution in [0.15, 0.2) is 10.7 Å². The van der Waals surface area contributed by atoms with Crippen molar-refractivity contribution >= 4 is 11.9 Å². The number of rotatable bonds is 4. The minimum atomic E-state index is -0.900. The molecule has 106 valence electrons. The first-order valence-corrected chi connectivity index (χ1v) is 5.74. The van der Waals surface area contributed by atoms with Gasteiger partial charge in [0.15, 0.2) is 11.6 Å². The molecule has 0 fully saturated rings. The van der Waals surface area contributed by atoms with Crippen molar-refractivity contribution < 1.29 is 23.5 Å². The second kappa shape index (κ2) is 5.83. The lowest BCUT2D eigenvalue weighted by Gasteiger charge is -2.21. The molecule has 0 spiro atoms. The quantitative estimate of drug-likeness (QED) is 0.802. The molecule has 1 rings (SSSR count). The minimum absolute atomic E-state index is 0.0360. The first kappa shape index (κ1) is 15.2. The Morgan fingerprint density at radius 1 is 1.47 bits per heavy atom. The van der Waals surface area contributed by atoms with E-state index in [1.54, 1.807) is 20.8 Å². The van der Waals surface area contributed by atoms with E-state index in [-0.39, 0.29) is 18.0 Å². The Morgan fingerprint density at radius 2 is 2.11 bits per heavy atom. The van der Waals surface area contributed by atoms with Gasteiger partial charge in [-0.25, -0.2) is 9.78 Å². The predicted octanol–water partition coefficient (Wildman–Crippen LogP) is 0.673. The third-order valence-corrected chi connectivity index (χ3v) is 2.05. The molecule has 0 aliphatic carbocycles. The number of nitrogens with two attached hydrogens (primary N) is 1. The lowest BCUT2D eigenvalue weighted by Crippen LogP contribution is -2.38. The summed E-state index contributed by atoms with van der Waals surface area (Å²) < 4.78 is 14.6. The number of carbonyl (C=O) groups excluding carboxylic acids is 2. The summed E-state index contributed by atoms with van der Waals surface area (Å²) >= 11 is 0. The Hall–Kier alpha value is -1.89. The maximum atomic E-state index is 11.7. The molecule has 0 aliphatic heterocycles. The van der Waals surface area contributed by atoms with Crippen molar-refractivity contribution in [1.29, 1.82) is 0 Å². The minimum Gasteiger partial charge on any atom is -0.464 e. The highest BCUT2D eigenvalue weighted by Crippen LogP contribution is 2.10. The largest absolute Gasteiger partial charge is 0.464 e. The van der Waals surface area contributed by atoms with Gasteiger partial charge in [0.05, 0.1) is 13.5 Å². The molecule has 1 atom stereocenters. The van der Waals surface area contributed by atoms with Gasteiger partial charge in [0, 0.05) is 0 Å². The van der Waals surface area contributed by atoms with E-state index in [0.717, 1.165) is 6.26 Å². The van der Waals surface area contributed by atoms with E-state index in [9.17, 15) is 9.59 Å². The molecule has 0 amide bonds. The molecule has 0 saturated carbocycles. The van der Waals surface area contributed by atoms with Crippen LogP contribution in [0.1, 0.15) is 37.2 Å². The molecule has 2 N–H and O–H groups in total. The van der Waals surface area contributed by atoms with E-state index in [2.05, 4.69) is 9.72 Å². The molecule has 7 heteroatoms. The lowest BCUT2D eigenvalue weighted by atomic mass is 10.1. The monoisotopic (exact) mass is 270 g/mol. The van der Waals surface area contributed by atoms with Crippen molar-refractivity contribution in [1.82, 2.24) is 4.98 Å². The van der Waals surface area contributed by atoms with Crippen LogP contribution in [0, 0.1) is 0 Å². The van der Waals surface area contributed by atoms with Crippen LogP contribution in [0.2, 0.25) is 0 Å². The van der Waals surface area contributed by atoms with Crippen molar-refractivity contribution in [3.8, 4) is 0 Å². The highest BCUT2D eigenvalue weighted by Gasteiger charge is 2.24. The number of hydrogen-bond acceptors (Lipinski definition) is 7. The van der Waals surface area contributed by atoms with Gasteiger partial charge in [-0.2, -0.15) is 0 Å². The molecule has 19 heavy (non-hydrogen) atoms. The van der Waals surface area contributed by atoms with Gasteiger partial charge in [-0.1, -0.05) is 0 Å². The molecular weight excluding hydrogens is 252 g/mol. The number of oxazole rings is 1. The average Bonchev–Trinajstić information content (AvgIpc) is 2.74. The zero-order chi connectivity index (χ0) is 14.6. The fourth-order valence-electron chi connectivity index (χ4n) is 1.25. The second-order valence-corrected chi connectivity index (χ2v) is 4.96. The average molecular weight is 270 g/mol. The van der Waals surface area contributed by atoms with Crippen LogP contribution < -0.4 is 5.73 Å². The third-order valence-electron chi connectivity index (χ3n) is 2.05. The number of carbonyl (C=O) groups is 2. The van der Waals surface area contributed by atoms with Crippen LogP contribution in [0.25, 0.3) is 0 Å². The highest BCUT2D eigenvalue weighted by atomic mass is 16.6. The Morgan fingerprint density at radius 3 is 2.63 bits per heavy atom. The van der Waals surface area contributed by atoms with Crippen LogP contribution >= 0.6 is 0 Å². The maximum Gasteiger partial charge on any atom is 0.360 e. The summed E-state index contributed by atoms with van der Waals surface area (Å²) in [6.07, 6.45) is 1.20. The first-order valence-electron chi connectivity index (χ1n) is 5.74. The summed E-state index contributed by atoms with van der Waals surface area (Å²) in [6.45, 7) is 5.24. The molecule has 1 unspecified atom stereocenters. The fourth-order valence-corrected chi connectivity index (χ4v) is 1.25. The van der Waals surface area contributed by atoms with Gasteiger partial charge >= 0.3 is 11.9 Å². The van der Waals surface area contributed by atoms with Crippen LogP contribution in [-0.4, -0.2) is 35.7 Å². The van der Waals surface area contributed by atoms with E-state index in [1.165, 1.54) is 7.11 Å². The summed E-state index contributed by atoms with van der Waals surface area (Å²) in [7, 11) is 1.24. The molecule has 0 aromatic carbocycles. The van der Waals surface area contributed by atoms with Gasteiger partial charge in [-0.05, 0) is 20.8 Å². The number of methoxy groups -OCH3 is 1. The highest BCUT2D eigenvalue weighted by molar-refractivity contribution is 5.86. The molecular formula is C12H18N2O5. The maximum absolute atomic E-state index is 11.7. The van der Waals surface area contributed by atoms with Gasteiger partial charge in [-0.15, -0.1) is 0 Å². The van der Waals surface area contributed by atoms with Crippen LogP contribution in [0.4, 0.5) is 0 Å². The Kier molecular flexibility index (Phi) is 4.66. The van der Waals surface area contributed by atoms with Gasteiger partial charge in [0.1, 0.15) is 17.9 Å². The molecule has 0 aliphatic rings. The number of esters is 2. The van der Waals surface area contributed by atoms with Gasteiger partial charge in [-0.3, -0.25) is 4.79 Å². The zero-order valence-electron chi connectivity index (χ0n) is 11.4. The molecule has 1 aromatic heterocycles. The van der Waals surface area contributed by atoms with E-state index in [4.69, 9.17) is 14.9 Å². The van der Waals surface area contributed by atoms with Gasteiger partial charge in [0.25, 0.3) is 0 Å². The smallest absolute Gasteiger partial charge is 0.360 e. The standard InChI is InChI=1S/C12H18N2O5/c1-12(2,3)19-10(15)7(13)5-9-14-8(6-18-9)11(16)17-4/h6-7H,5,13H2,1-4H3. The van der Waals surface area contributed by atoms with Crippen molar-refractivity contribution in [3.63, 3.8) is 0 Å². The van der Waals surface area contributed by atoms with E-state index in [0.29, 0.717) is 0 Å². The van der Waals surface area contributed by atoms with Crippen LogP contribution in [-0.2, 0) is 20.7 Å². The number of nitrogens with zero attached hydrogens (tertiary/aromatic N) is 1. The van der Waals surface area contributed by atoms with Crippen molar-refractivity contribution in [3.05, 3.63) is 17.8 Å². The Labute approximate surface area is 111 Å². The number of hydrogen-bond donors (Lipinski definition) is 1. The Balaban J connectivity index is 2.62. The van der Waals surface area contributed by atoms with Crippen molar-refractivity contribution in [2.75, 3.05) is 7.11 Å². The molecule has 0 radical (unpaired) electrons. The van der Waals surface area contributed by atoms with Crippen LogP contribution in [0.5, 0.6) is 0 Å². The van der Waals surface area contributed by atoms with Crippen LogP contribution in [0.3, 0.4) is 0 Å². The van der Waals surface area contributed by atoms with Gasteiger partial charge < -0.3 is 19.6 Å². The SMILES string of the molecule is COC(=O)c1coc(CC(N)C(=O)OC(C)(C)C)n1. The van der Waals surface area contributed by atoms with E-state index >= 15 is 0 Å². The summed E-state index contributed by atoms with van der Waals surface area (Å²) in [4.78, 5) is 26.7. The number of aromatic nitrogens is 1. The van der Waals surface area contributed by atoms with Gasteiger partial charge in [0.2, 0.25) is 0 Å².